The molecule has 0 radical (unpaired) electrons. The molecule has 1 N–H and O–H groups in total. The summed E-state index contributed by atoms with van der Waals surface area (Å²) < 4.78 is 5.68. The zero-order chi connectivity index (χ0) is 15.2. The average Bonchev–Trinajstić information content (AvgIpc) is 2.48. The van der Waals surface area contributed by atoms with E-state index in [0.717, 1.165) is 25.9 Å². The Bertz CT molecular complexity index is 491. The summed E-state index contributed by atoms with van der Waals surface area (Å²) in [5.74, 6) is 0.717. The molecule has 21 heavy (non-hydrogen) atoms. The smallest absolute Gasteiger partial charge is 0.329 e. The highest BCUT2D eigenvalue weighted by Gasteiger charge is 2.24. The summed E-state index contributed by atoms with van der Waals surface area (Å²) in [4.78, 5) is 20.7. The number of aromatic nitrogens is 2. The first-order valence-electron chi connectivity index (χ1n) is 7.20. The van der Waals surface area contributed by atoms with E-state index in [-0.39, 0.29) is 11.8 Å². The second-order valence-electron chi connectivity index (χ2n) is 5.06. The number of ether oxygens (including phenoxy) is 1. The minimum Gasteiger partial charge on any atom is -0.376 e. The zero-order valence-corrected chi connectivity index (χ0v) is 12.4. The van der Waals surface area contributed by atoms with Crippen molar-refractivity contribution in [2.75, 3.05) is 37.0 Å². The molecule has 1 aromatic rings. The average molecular weight is 295 g/mol. The van der Waals surface area contributed by atoms with Gasteiger partial charge in [-0.1, -0.05) is 0 Å². The third-order valence-electron chi connectivity index (χ3n) is 3.39. The van der Waals surface area contributed by atoms with E-state index in [0.29, 0.717) is 24.9 Å². The van der Waals surface area contributed by atoms with E-state index < -0.39 is 4.92 Å². The first kappa shape index (κ1) is 15.4. The summed E-state index contributed by atoms with van der Waals surface area (Å²) in [5.41, 5.74) is -0.0880. The van der Waals surface area contributed by atoms with E-state index in [4.69, 9.17) is 4.74 Å². The predicted octanol–water partition coefficient (Wildman–Crippen LogP) is 1.82. The Kier molecular flexibility index (Phi) is 5.26. The maximum absolute atomic E-state index is 11.1. The van der Waals surface area contributed by atoms with E-state index in [1.807, 2.05) is 6.92 Å². The van der Waals surface area contributed by atoms with Gasteiger partial charge in [-0.2, -0.15) is 4.98 Å². The molecule has 1 aromatic heterocycles. The molecule has 0 amide bonds. The third-order valence-corrected chi connectivity index (χ3v) is 3.39. The maximum Gasteiger partial charge on any atom is 0.329 e. The Labute approximate surface area is 123 Å². The van der Waals surface area contributed by atoms with Crippen molar-refractivity contribution < 1.29 is 9.66 Å². The van der Waals surface area contributed by atoms with Crippen molar-refractivity contribution in [3.63, 3.8) is 0 Å². The first-order chi connectivity index (χ1) is 10.1. The molecule has 1 unspecified atom stereocenters. The number of hydrogen-bond acceptors (Lipinski definition) is 7. The fraction of sp³-hybridized carbons (Fsp3) is 0.692. The molecule has 1 aliphatic heterocycles. The highest BCUT2D eigenvalue weighted by atomic mass is 16.6. The number of nitro groups is 1. The number of rotatable bonds is 6. The second kappa shape index (κ2) is 7.16. The molecule has 0 bridgehead atoms. The van der Waals surface area contributed by atoms with E-state index >= 15 is 0 Å². The Morgan fingerprint density at radius 2 is 2.38 bits per heavy atom. The highest BCUT2D eigenvalue weighted by molar-refractivity contribution is 5.58. The van der Waals surface area contributed by atoms with Gasteiger partial charge in [-0.25, -0.2) is 4.98 Å². The van der Waals surface area contributed by atoms with Gasteiger partial charge in [0.15, 0.2) is 0 Å². The van der Waals surface area contributed by atoms with Gasteiger partial charge in [-0.05, 0) is 26.2 Å². The lowest BCUT2D eigenvalue weighted by atomic mass is 10.1. The van der Waals surface area contributed by atoms with Crippen LogP contribution in [0.1, 0.15) is 26.2 Å². The van der Waals surface area contributed by atoms with Crippen molar-refractivity contribution in [3.05, 3.63) is 16.3 Å². The van der Waals surface area contributed by atoms with Crippen LogP contribution in [0.4, 0.5) is 17.5 Å². The third kappa shape index (κ3) is 4.01. The van der Waals surface area contributed by atoms with Crippen LogP contribution in [0.25, 0.3) is 0 Å². The topological polar surface area (TPSA) is 93.4 Å². The number of nitrogens with one attached hydrogen (secondary N) is 1. The van der Waals surface area contributed by atoms with Gasteiger partial charge in [-0.15, -0.1) is 0 Å². The molecule has 0 aromatic carbocycles. The predicted molar refractivity (Wildman–Crippen MR) is 79.7 cm³/mol. The molecule has 116 valence electrons. The molecule has 2 heterocycles. The van der Waals surface area contributed by atoms with Crippen LogP contribution in [0.5, 0.6) is 0 Å². The molecular formula is C13H21N5O3. The summed E-state index contributed by atoms with van der Waals surface area (Å²) >= 11 is 0. The van der Waals surface area contributed by atoms with Gasteiger partial charge in [0.1, 0.15) is 6.20 Å². The summed E-state index contributed by atoms with van der Waals surface area (Å²) in [6.45, 7) is 3.92. The lowest BCUT2D eigenvalue weighted by Gasteiger charge is -2.27. The van der Waals surface area contributed by atoms with Gasteiger partial charge in [-0.3, -0.25) is 10.1 Å². The molecule has 8 nitrogen and oxygen atoms in total. The van der Waals surface area contributed by atoms with Gasteiger partial charge in [0.25, 0.3) is 0 Å². The van der Waals surface area contributed by atoms with E-state index in [2.05, 4.69) is 15.3 Å². The van der Waals surface area contributed by atoms with Crippen molar-refractivity contribution >= 4 is 17.5 Å². The van der Waals surface area contributed by atoms with Crippen LogP contribution < -0.4 is 10.2 Å². The number of likely N-dealkylation sites (N-methyl/N-ethyl adjacent to an activating group) is 1. The summed E-state index contributed by atoms with van der Waals surface area (Å²) in [5, 5.41) is 14.1. The maximum atomic E-state index is 11.1. The number of nitrogens with zero attached hydrogens (tertiary/aromatic N) is 4. The Morgan fingerprint density at radius 1 is 1.57 bits per heavy atom. The van der Waals surface area contributed by atoms with E-state index in [9.17, 15) is 10.1 Å². The molecule has 0 spiro atoms. The van der Waals surface area contributed by atoms with Crippen molar-refractivity contribution in [1.82, 2.24) is 9.97 Å². The molecule has 1 atom stereocenters. The highest BCUT2D eigenvalue weighted by Crippen LogP contribution is 2.26. The van der Waals surface area contributed by atoms with E-state index in [1.165, 1.54) is 6.20 Å². The SMILES string of the molecule is CCNc1ncc([N+](=O)[O-])c(N(C)CC2CCCCO2)n1. The van der Waals surface area contributed by atoms with Gasteiger partial charge in [0, 0.05) is 26.7 Å². The molecule has 1 saturated heterocycles. The minimum absolute atomic E-state index is 0.0880. The van der Waals surface area contributed by atoms with Crippen LogP contribution in [-0.4, -0.2) is 47.7 Å². The molecule has 1 fully saturated rings. The largest absolute Gasteiger partial charge is 0.376 e. The van der Waals surface area contributed by atoms with Crippen LogP contribution in [0.2, 0.25) is 0 Å². The lowest BCUT2D eigenvalue weighted by Crippen LogP contribution is -2.34. The first-order valence-corrected chi connectivity index (χ1v) is 7.20. The van der Waals surface area contributed by atoms with Gasteiger partial charge in [0.2, 0.25) is 11.8 Å². The van der Waals surface area contributed by atoms with Gasteiger partial charge >= 0.3 is 5.69 Å². The van der Waals surface area contributed by atoms with Crippen molar-refractivity contribution in [2.24, 2.45) is 0 Å². The van der Waals surface area contributed by atoms with Crippen LogP contribution in [0, 0.1) is 10.1 Å². The summed E-state index contributed by atoms with van der Waals surface area (Å²) in [6, 6.07) is 0. The van der Waals surface area contributed by atoms with Gasteiger partial charge in [0.05, 0.1) is 11.0 Å². The van der Waals surface area contributed by atoms with Crippen molar-refractivity contribution in [1.29, 1.82) is 0 Å². The number of anilines is 2. The van der Waals surface area contributed by atoms with Crippen LogP contribution in [0.3, 0.4) is 0 Å². The van der Waals surface area contributed by atoms with Crippen LogP contribution >= 0.6 is 0 Å². The minimum atomic E-state index is -0.455. The molecule has 8 heteroatoms. The van der Waals surface area contributed by atoms with Crippen molar-refractivity contribution in [3.8, 4) is 0 Å². The fourth-order valence-electron chi connectivity index (χ4n) is 2.36. The van der Waals surface area contributed by atoms with Crippen LogP contribution in [0.15, 0.2) is 6.20 Å². The molecule has 0 aliphatic carbocycles. The standard InChI is InChI=1S/C13H21N5O3/c1-3-14-13-15-8-11(18(19)20)12(16-13)17(2)9-10-6-4-5-7-21-10/h8,10H,3-7,9H2,1-2H3,(H,14,15,16). The van der Waals surface area contributed by atoms with Crippen LogP contribution in [-0.2, 0) is 4.74 Å². The second-order valence-corrected chi connectivity index (χ2v) is 5.06. The number of hydrogen-bond donors (Lipinski definition) is 1. The van der Waals surface area contributed by atoms with Gasteiger partial charge < -0.3 is 15.0 Å². The Balaban J connectivity index is 2.17. The summed E-state index contributed by atoms with van der Waals surface area (Å²) in [6.07, 6.45) is 4.54. The monoisotopic (exact) mass is 295 g/mol. The molecule has 0 saturated carbocycles. The zero-order valence-electron chi connectivity index (χ0n) is 12.4. The summed E-state index contributed by atoms with van der Waals surface area (Å²) in [7, 11) is 1.79. The fourth-order valence-corrected chi connectivity index (χ4v) is 2.36. The van der Waals surface area contributed by atoms with Crippen molar-refractivity contribution in [2.45, 2.75) is 32.3 Å². The Hall–Kier alpha value is -1.96. The Morgan fingerprint density at radius 3 is 3.00 bits per heavy atom. The lowest BCUT2D eigenvalue weighted by molar-refractivity contribution is -0.384. The molecular weight excluding hydrogens is 274 g/mol. The normalized spacial score (nSPS) is 18.3. The van der Waals surface area contributed by atoms with E-state index in [1.54, 1.807) is 11.9 Å². The molecule has 2 rings (SSSR count). The quantitative estimate of drug-likeness (QED) is 0.632. The molecule has 1 aliphatic rings.